The van der Waals surface area contributed by atoms with Crippen LogP contribution in [0, 0.1) is 5.92 Å². The van der Waals surface area contributed by atoms with E-state index in [2.05, 4.69) is 29.6 Å². The predicted molar refractivity (Wildman–Crippen MR) is 89.9 cm³/mol. The van der Waals surface area contributed by atoms with E-state index in [0.29, 0.717) is 18.9 Å². The summed E-state index contributed by atoms with van der Waals surface area (Å²) in [4.78, 5) is 26.2. The van der Waals surface area contributed by atoms with E-state index in [0.717, 1.165) is 19.3 Å². The van der Waals surface area contributed by atoms with Crippen LogP contribution in [0.5, 0.6) is 0 Å². The number of amides is 2. The molecule has 2 amide bonds. The maximum atomic E-state index is 12.6. The summed E-state index contributed by atoms with van der Waals surface area (Å²) in [6.45, 7) is 0.684. The van der Waals surface area contributed by atoms with Gasteiger partial charge in [0.05, 0.1) is 0 Å². The molecule has 3 rings (SSSR count). The van der Waals surface area contributed by atoms with Crippen molar-refractivity contribution >= 4 is 11.8 Å². The summed E-state index contributed by atoms with van der Waals surface area (Å²) in [7, 11) is 1.81. The number of carbonyl (C=O) groups excluding carboxylic acids is 2. The Morgan fingerprint density at radius 3 is 2.61 bits per heavy atom. The Hall–Kier alpha value is -1.84. The van der Waals surface area contributed by atoms with E-state index >= 15 is 0 Å². The number of hydrogen-bond acceptors (Lipinski definition) is 2. The van der Waals surface area contributed by atoms with Gasteiger partial charge in [0, 0.05) is 37.9 Å². The minimum Gasteiger partial charge on any atom is -0.353 e. The van der Waals surface area contributed by atoms with Crippen LogP contribution in [0.3, 0.4) is 0 Å². The highest BCUT2D eigenvalue weighted by molar-refractivity contribution is 5.87. The molecule has 1 aromatic carbocycles. The van der Waals surface area contributed by atoms with Gasteiger partial charge in [0.15, 0.2) is 0 Å². The van der Waals surface area contributed by atoms with Gasteiger partial charge in [-0.05, 0) is 24.8 Å². The van der Waals surface area contributed by atoms with Gasteiger partial charge < -0.3 is 10.2 Å². The maximum absolute atomic E-state index is 12.6. The van der Waals surface area contributed by atoms with Crippen molar-refractivity contribution in [2.45, 2.75) is 50.5 Å². The van der Waals surface area contributed by atoms with Crippen molar-refractivity contribution in [1.29, 1.82) is 0 Å². The molecule has 0 spiro atoms. The smallest absolute Gasteiger partial charge is 0.223 e. The fraction of sp³-hybridized carbons (Fsp3) is 0.579. The largest absolute Gasteiger partial charge is 0.353 e. The van der Waals surface area contributed by atoms with Crippen molar-refractivity contribution < 1.29 is 9.59 Å². The van der Waals surface area contributed by atoms with Gasteiger partial charge in [-0.3, -0.25) is 9.59 Å². The molecule has 1 saturated carbocycles. The molecular weight excluding hydrogens is 288 g/mol. The molecule has 2 fully saturated rings. The van der Waals surface area contributed by atoms with Crippen molar-refractivity contribution in [3.05, 3.63) is 35.9 Å². The van der Waals surface area contributed by atoms with E-state index in [9.17, 15) is 9.59 Å². The van der Waals surface area contributed by atoms with Gasteiger partial charge in [0.25, 0.3) is 0 Å². The lowest BCUT2D eigenvalue weighted by Gasteiger charge is -2.35. The average molecular weight is 314 g/mol. The third-order valence-electron chi connectivity index (χ3n) is 5.35. The van der Waals surface area contributed by atoms with E-state index in [4.69, 9.17) is 0 Å². The van der Waals surface area contributed by atoms with Crippen molar-refractivity contribution in [2.75, 3.05) is 13.6 Å². The van der Waals surface area contributed by atoms with E-state index in [1.807, 2.05) is 13.1 Å². The fourth-order valence-corrected chi connectivity index (χ4v) is 3.87. The summed E-state index contributed by atoms with van der Waals surface area (Å²) in [5, 5.41) is 3.26. The van der Waals surface area contributed by atoms with Crippen molar-refractivity contribution in [3.8, 4) is 0 Å². The first kappa shape index (κ1) is 16.0. The summed E-state index contributed by atoms with van der Waals surface area (Å²) in [6, 6.07) is 10.7. The molecule has 0 aromatic heterocycles. The molecule has 4 nitrogen and oxygen atoms in total. The predicted octanol–water partition coefficient (Wildman–Crippen LogP) is 2.70. The van der Waals surface area contributed by atoms with Crippen molar-refractivity contribution in [1.82, 2.24) is 10.2 Å². The Kier molecular flexibility index (Phi) is 4.99. The van der Waals surface area contributed by atoms with Crippen LogP contribution in [0.1, 0.15) is 50.0 Å². The summed E-state index contributed by atoms with van der Waals surface area (Å²) < 4.78 is 0. The minimum absolute atomic E-state index is 0.0688. The van der Waals surface area contributed by atoms with Gasteiger partial charge in [-0.2, -0.15) is 0 Å². The van der Waals surface area contributed by atoms with Gasteiger partial charge in [-0.1, -0.05) is 43.2 Å². The first-order valence-corrected chi connectivity index (χ1v) is 8.74. The van der Waals surface area contributed by atoms with E-state index in [1.165, 1.54) is 18.4 Å². The average Bonchev–Trinajstić information content (AvgIpc) is 2.58. The monoisotopic (exact) mass is 314 g/mol. The molecule has 1 saturated heterocycles. The Balaban J connectivity index is 1.65. The molecule has 1 aliphatic heterocycles. The number of hydrogen-bond donors (Lipinski definition) is 1. The van der Waals surface area contributed by atoms with Crippen LogP contribution in [0.4, 0.5) is 0 Å². The van der Waals surface area contributed by atoms with E-state index in [-0.39, 0.29) is 23.8 Å². The van der Waals surface area contributed by atoms with Crippen molar-refractivity contribution in [2.24, 2.45) is 5.92 Å². The zero-order valence-corrected chi connectivity index (χ0v) is 13.8. The second kappa shape index (κ2) is 7.16. The van der Waals surface area contributed by atoms with Crippen LogP contribution in [-0.4, -0.2) is 36.3 Å². The number of likely N-dealkylation sites (tertiary alicyclic amines) is 1. The van der Waals surface area contributed by atoms with Gasteiger partial charge in [-0.15, -0.1) is 0 Å². The number of benzene rings is 1. The molecule has 1 N–H and O–H groups in total. The molecular formula is C19H26N2O2. The third-order valence-corrected chi connectivity index (χ3v) is 5.35. The number of rotatable bonds is 3. The summed E-state index contributed by atoms with van der Waals surface area (Å²) >= 11 is 0. The molecule has 1 aliphatic carbocycles. The molecule has 1 heterocycles. The molecule has 3 atom stereocenters. The first-order chi connectivity index (χ1) is 11.1. The number of carbonyl (C=O) groups is 2. The normalized spacial score (nSPS) is 28.5. The molecule has 0 bridgehead atoms. The van der Waals surface area contributed by atoms with Crippen molar-refractivity contribution in [3.63, 3.8) is 0 Å². The van der Waals surface area contributed by atoms with Crippen LogP contribution >= 0.6 is 0 Å². The highest BCUT2D eigenvalue weighted by Gasteiger charge is 2.33. The SMILES string of the molecule is CN1CCC(C(=O)NC2CCCCC2c2ccccc2)CC1=O. The Morgan fingerprint density at radius 1 is 1.13 bits per heavy atom. The Labute approximate surface area is 138 Å². The Bertz CT molecular complexity index is 558. The van der Waals surface area contributed by atoms with Gasteiger partial charge in [-0.25, -0.2) is 0 Å². The lowest BCUT2D eigenvalue weighted by atomic mass is 9.79. The first-order valence-electron chi connectivity index (χ1n) is 8.74. The number of nitrogens with zero attached hydrogens (tertiary/aromatic N) is 1. The molecule has 23 heavy (non-hydrogen) atoms. The molecule has 124 valence electrons. The second-order valence-corrected chi connectivity index (χ2v) is 6.92. The van der Waals surface area contributed by atoms with E-state index in [1.54, 1.807) is 4.90 Å². The van der Waals surface area contributed by atoms with Crippen LogP contribution in [0.25, 0.3) is 0 Å². The third kappa shape index (κ3) is 3.74. The van der Waals surface area contributed by atoms with Gasteiger partial charge in [0.1, 0.15) is 0 Å². The lowest BCUT2D eigenvalue weighted by molar-refractivity contribution is -0.139. The van der Waals surface area contributed by atoms with Crippen LogP contribution in [0.15, 0.2) is 30.3 Å². The Morgan fingerprint density at radius 2 is 1.87 bits per heavy atom. The molecule has 0 radical (unpaired) electrons. The highest BCUT2D eigenvalue weighted by atomic mass is 16.2. The van der Waals surface area contributed by atoms with Crippen LogP contribution in [0.2, 0.25) is 0 Å². The second-order valence-electron chi connectivity index (χ2n) is 6.92. The minimum atomic E-state index is -0.156. The lowest BCUT2D eigenvalue weighted by Crippen LogP contribution is -2.47. The summed E-state index contributed by atoms with van der Waals surface area (Å²) in [5.74, 6) is 0.395. The zero-order valence-electron chi connectivity index (χ0n) is 13.8. The highest BCUT2D eigenvalue weighted by Crippen LogP contribution is 2.33. The summed E-state index contributed by atoms with van der Waals surface area (Å²) in [5.41, 5.74) is 1.32. The van der Waals surface area contributed by atoms with E-state index < -0.39 is 0 Å². The van der Waals surface area contributed by atoms with Crippen LogP contribution in [-0.2, 0) is 9.59 Å². The maximum Gasteiger partial charge on any atom is 0.223 e. The fourth-order valence-electron chi connectivity index (χ4n) is 3.87. The zero-order chi connectivity index (χ0) is 16.2. The van der Waals surface area contributed by atoms with Crippen LogP contribution < -0.4 is 5.32 Å². The molecule has 3 unspecified atom stereocenters. The van der Waals surface area contributed by atoms with Gasteiger partial charge in [0.2, 0.25) is 11.8 Å². The number of nitrogens with one attached hydrogen (secondary N) is 1. The quantitative estimate of drug-likeness (QED) is 0.932. The van der Waals surface area contributed by atoms with Gasteiger partial charge >= 0.3 is 0 Å². The standard InChI is InChI=1S/C19H26N2O2/c1-21-12-11-15(13-18(21)22)19(23)20-17-10-6-5-9-16(17)14-7-3-2-4-8-14/h2-4,7-8,15-17H,5-6,9-13H2,1H3,(H,20,23). The molecule has 2 aliphatic rings. The summed E-state index contributed by atoms with van der Waals surface area (Å²) in [6.07, 6.45) is 5.67. The topological polar surface area (TPSA) is 49.4 Å². The molecule has 4 heteroatoms. The molecule has 1 aromatic rings. The number of piperidine rings is 1.